The summed E-state index contributed by atoms with van der Waals surface area (Å²) < 4.78 is 2.39. The monoisotopic (exact) mass is 422 g/mol. The molecule has 116 valence electrons. The lowest BCUT2D eigenvalue weighted by molar-refractivity contribution is 0.0617. The average Bonchev–Trinajstić information content (AvgIpc) is 2.51. The van der Waals surface area contributed by atoms with Crippen molar-refractivity contribution in [3.63, 3.8) is 0 Å². The lowest BCUT2D eigenvalue weighted by Crippen LogP contribution is -2.47. The minimum atomic E-state index is 0.416. The molecule has 2 nitrogen and oxygen atoms in total. The summed E-state index contributed by atoms with van der Waals surface area (Å²) in [6.45, 7) is 2.04. The Kier molecular flexibility index (Phi) is 5.03. The molecule has 0 saturated carbocycles. The maximum absolute atomic E-state index is 3.70. The lowest BCUT2D eigenvalue weighted by atomic mass is 9.96. The number of halogens is 2. The highest BCUT2D eigenvalue weighted by molar-refractivity contribution is 9.10. The van der Waals surface area contributed by atoms with Crippen LogP contribution in [-0.4, -0.2) is 37.0 Å². The Morgan fingerprint density at radius 3 is 1.45 bits per heavy atom. The summed E-state index contributed by atoms with van der Waals surface area (Å²) in [4.78, 5) is 4.92. The highest BCUT2D eigenvalue weighted by Crippen LogP contribution is 2.37. The molecule has 4 heteroatoms. The van der Waals surface area contributed by atoms with Crippen LogP contribution in [0.3, 0.4) is 0 Å². The molecule has 2 aromatic rings. The number of hydrogen-bond acceptors (Lipinski definition) is 2. The van der Waals surface area contributed by atoms with Gasteiger partial charge in [0.05, 0.1) is 0 Å². The minimum absolute atomic E-state index is 0.416. The van der Waals surface area contributed by atoms with Gasteiger partial charge in [0.1, 0.15) is 0 Å². The third kappa shape index (κ3) is 3.16. The molecule has 1 fully saturated rings. The van der Waals surface area contributed by atoms with Gasteiger partial charge in [0.2, 0.25) is 0 Å². The Labute approximate surface area is 149 Å². The molecule has 0 radical (unpaired) electrons. The quantitative estimate of drug-likeness (QED) is 0.679. The lowest BCUT2D eigenvalue weighted by Gasteiger charge is -2.44. The van der Waals surface area contributed by atoms with Crippen LogP contribution in [0.4, 0.5) is 0 Å². The molecule has 0 N–H and O–H groups in total. The number of piperazine rings is 1. The zero-order valence-corrected chi connectivity index (χ0v) is 16.0. The molecule has 0 aromatic heterocycles. The van der Waals surface area contributed by atoms with Crippen molar-refractivity contribution in [3.05, 3.63) is 68.6 Å². The molecule has 1 saturated heterocycles. The zero-order chi connectivity index (χ0) is 15.7. The van der Waals surface area contributed by atoms with E-state index >= 15 is 0 Å². The van der Waals surface area contributed by atoms with Crippen LogP contribution < -0.4 is 0 Å². The maximum atomic E-state index is 3.70. The first-order chi connectivity index (χ1) is 10.6. The van der Waals surface area contributed by atoms with Crippen molar-refractivity contribution in [2.75, 3.05) is 27.2 Å². The molecule has 1 aliphatic rings. The van der Waals surface area contributed by atoms with E-state index in [4.69, 9.17) is 0 Å². The maximum Gasteiger partial charge on any atom is 0.0484 e. The van der Waals surface area contributed by atoms with Crippen LogP contribution in [0, 0.1) is 0 Å². The molecule has 0 amide bonds. The van der Waals surface area contributed by atoms with Crippen LogP contribution in [-0.2, 0) is 0 Å². The predicted octanol–water partition coefficient (Wildman–Crippen LogP) is 4.87. The normalized spacial score (nSPS) is 23.6. The first-order valence-electron chi connectivity index (χ1n) is 7.47. The van der Waals surface area contributed by atoms with Gasteiger partial charge in [-0.3, -0.25) is 9.80 Å². The number of likely N-dealkylation sites (N-methyl/N-ethyl adjacent to an activating group) is 2. The van der Waals surface area contributed by atoms with E-state index in [1.54, 1.807) is 0 Å². The fraction of sp³-hybridized carbons (Fsp3) is 0.333. The van der Waals surface area contributed by atoms with Crippen LogP contribution >= 0.6 is 31.9 Å². The topological polar surface area (TPSA) is 6.48 Å². The Balaban J connectivity index is 1.86. The van der Waals surface area contributed by atoms with Crippen molar-refractivity contribution in [1.82, 2.24) is 9.80 Å². The SMILES string of the molecule is CN1C[C@@H](c2ccccc2Br)N(C)C[C@H]1c1ccccc1Br. The Hall–Kier alpha value is -0.680. The van der Waals surface area contributed by atoms with Gasteiger partial charge in [0.15, 0.2) is 0 Å². The summed E-state index contributed by atoms with van der Waals surface area (Å²) in [6.07, 6.45) is 0. The van der Waals surface area contributed by atoms with E-state index in [1.807, 2.05) is 0 Å². The molecule has 1 aliphatic heterocycles. The van der Waals surface area contributed by atoms with Gasteiger partial charge < -0.3 is 0 Å². The van der Waals surface area contributed by atoms with Gasteiger partial charge in [0, 0.05) is 34.1 Å². The van der Waals surface area contributed by atoms with Crippen molar-refractivity contribution < 1.29 is 0 Å². The summed E-state index contributed by atoms with van der Waals surface area (Å²) in [5, 5.41) is 0. The number of nitrogens with zero attached hydrogens (tertiary/aromatic N) is 2. The third-order valence-electron chi connectivity index (χ3n) is 4.51. The van der Waals surface area contributed by atoms with Crippen molar-refractivity contribution in [2.24, 2.45) is 0 Å². The van der Waals surface area contributed by atoms with E-state index in [2.05, 4.69) is 104 Å². The summed E-state index contributed by atoms with van der Waals surface area (Å²) in [5.74, 6) is 0. The smallest absolute Gasteiger partial charge is 0.0484 e. The molecular weight excluding hydrogens is 404 g/mol. The fourth-order valence-electron chi connectivity index (χ4n) is 3.24. The fourth-order valence-corrected chi connectivity index (χ4v) is 4.34. The van der Waals surface area contributed by atoms with Crippen molar-refractivity contribution in [1.29, 1.82) is 0 Å². The standard InChI is InChI=1S/C18H20Br2N2/c1-21-11-18(14-8-4-6-10-16(14)20)22(2)12-17(21)13-7-3-5-9-15(13)19/h3-10,17-18H,11-12H2,1-2H3/t17-,18-/m0/s1. The summed E-state index contributed by atoms with van der Waals surface area (Å²) in [6, 6.07) is 17.9. The van der Waals surface area contributed by atoms with Gasteiger partial charge in [-0.05, 0) is 37.4 Å². The second-order valence-corrected chi connectivity index (χ2v) is 7.66. The number of benzene rings is 2. The number of rotatable bonds is 2. The van der Waals surface area contributed by atoms with Crippen molar-refractivity contribution >= 4 is 31.9 Å². The Morgan fingerprint density at radius 2 is 1.09 bits per heavy atom. The molecule has 22 heavy (non-hydrogen) atoms. The van der Waals surface area contributed by atoms with Crippen LogP contribution in [0.2, 0.25) is 0 Å². The molecule has 0 aliphatic carbocycles. The Morgan fingerprint density at radius 1 is 0.727 bits per heavy atom. The molecule has 0 spiro atoms. The molecule has 2 atom stereocenters. The zero-order valence-electron chi connectivity index (χ0n) is 12.8. The largest absolute Gasteiger partial charge is 0.296 e. The predicted molar refractivity (Wildman–Crippen MR) is 99.0 cm³/mol. The average molecular weight is 424 g/mol. The van der Waals surface area contributed by atoms with Gasteiger partial charge in [-0.2, -0.15) is 0 Å². The molecule has 0 bridgehead atoms. The van der Waals surface area contributed by atoms with Gasteiger partial charge >= 0.3 is 0 Å². The van der Waals surface area contributed by atoms with E-state index in [-0.39, 0.29) is 0 Å². The molecule has 0 unspecified atom stereocenters. The first-order valence-corrected chi connectivity index (χ1v) is 9.06. The number of hydrogen-bond donors (Lipinski definition) is 0. The van der Waals surface area contributed by atoms with E-state index in [1.165, 1.54) is 20.1 Å². The first kappa shape index (κ1) is 16.2. The Bertz CT molecular complexity index is 602. The summed E-state index contributed by atoms with van der Waals surface area (Å²) in [5.41, 5.74) is 2.73. The van der Waals surface area contributed by atoms with Crippen LogP contribution in [0.15, 0.2) is 57.5 Å². The highest BCUT2D eigenvalue weighted by atomic mass is 79.9. The van der Waals surface area contributed by atoms with Gasteiger partial charge in [-0.1, -0.05) is 68.3 Å². The van der Waals surface area contributed by atoms with Crippen molar-refractivity contribution in [2.45, 2.75) is 12.1 Å². The van der Waals surface area contributed by atoms with E-state index in [0.29, 0.717) is 12.1 Å². The minimum Gasteiger partial charge on any atom is -0.296 e. The van der Waals surface area contributed by atoms with E-state index in [9.17, 15) is 0 Å². The summed E-state index contributed by atoms with van der Waals surface area (Å²) in [7, 11) is 4.45. The molecule has 3 rings (SSSR count). The van der Waals surface area contributed by atoms with Gasteiger partial charge in [-0.25, -0.2) is 0 Å². The van der Waals surface area contributed by atoms with Crippen LogP contribution in [0.5, 0.6) is 0 Å². The highest BCUT2D eigenvalue weighted by Gasteiger charge is 2.32. The summed E-state index contributed by atoms with van der Waals surface area (Å²) >= 11 is 7.40. The molecule has 2 aromatic carbocycles. The van der Waals surface area contributed by atoms with Gasteiger partial charge in [0.25, 0.3) is 0 Å². The second kappa shape index (κ2) is 6.83. The van der Waals surface area contributed by atoms with Crippen LogP contribution in [0.1, 0.15) is 23.2 Å². The van der Waals surface area contributed by atoms with Gasteiger partial charge in [-0.15, -0.1) is 0 Å². The molecule has 1 heterocycles. The van der Waals surface area contributed by atoms with Crippen molar-refractivity contribution in [3.8, 4) is 0 Å². The van der Waals surface area contributed by atoms with E-state index in [0.717, 1.165) is 13.1 Å². The second-order valence-electron chi connectivity index (χ2n) is 5.95. The molecular formula is C18H20Br2N2. The van der Waals surface area contributed by atoms with E-state index < -0.39 is 0 Å². The van der Waals surface area contributed by atoms with Crippen LogP contribution in [0.25, 0.3) is 0 Å². The third-order valence-corrected chi connectivity index (χ3v) is 5.96.